The maximum absolute atomic E-state index is 12.6. The number of hydrogen-bond acceptors (Lipinski definition) is 4. The topological polar surface area (TPSA) is 110 Å². The lowest BCUT2D eigenvalue weighted by Crippen LogP contribution is -2.41. The summed E-state index contributed by atoms with van der Waals surface area (Å²) in [4.78, 5) is 26.9. The number of nitrogens with zero attached hydrogens (tertiary/aromatic N) is 1. The van der Waals surface area contributed by atoms with Gasteiger partial charge in [0.05, 0.1) is 4.90 Å². The van der Waals surface area contributed by atoms with Gasteiger partial charge in [0.25, 0.3) is 5.91 Å². The van der Waals surface area contributed by atoms with E-state index >= 15 is 0 Å². The van der Waals surface area contributed by atoms with Gasteiger partial charge < -0.3 is 10.2 Å². The molecule has 0 spiro atoms. The zero-order valence-corrected chi connectivity index (χ0v) is 16.4. The molecule has 28 heavy (non-hydrogen) atoms. The third-order valence-corrected chi connectivity index (χ3v) is 5.80. The van der Waals surface area contributed by atoms with Crippen LogP contribution in [0, 0.1) is 12.8 Å². The Bertz CT molecular complexity index is 979. The van der Waals surface area contributed by atoms with Crippen molar-refractivity contribution in [2.45, 2.75) is 24.7 Å². The molecular formula is C20H23N3O4S. The lowest BCUT2D eigenvalue weighted by atomic mass is 9.95. The first-order valence-corrected chi connectivity index (χ1v) is 10.6. The molecule has 3 N–H and O–H groups in total. The van der Waals surface area contributed by atoms with Crippen molar-refractivity contribution in [3.05, 3.63) is 59.7 Å². The molecule has 1 aliphatic rings. The molecule has 0 saturated carbocycles. The number of likely N-dealkylation sites (tertiary alicyclic amines) is 1. The standard InChI is InChI=1S/C20H23N3O4S/c1-14-3-2-4-16(13-14)20(25)23-11-9-15(10-12-23)19(24)22-17-5-7-18(8-6-17)28(21,26)27/h2-8,13,15H,9-12H2,1H3,(H,22,24)(H2,21,26,27). The SMILES string of the molecule is Cc1cccc(C(=O)N2CCC(C(=O)Nc3ccc(S(N)(=O)=O)cc3)CC2)c1. The van der Waals surface area contributed by atoms with E-state index in [0.717, 1.165) is 5.56 Å². The molecule has 7 nitrogen and oxygen atoms in total. The van der Waals surface area contributed by atoms with E-state index in [4.69, 9.17) is 5.14 Å². The fourth-order valence-electron chi connectivity index (χ4n) is 3.28. The number of benzene rings is 2. The number of carbonyl (C=O) groups is 2. The Morgan fingerprint density at radius 2 is 1.71 bits per heavy atom. The largest absolute Gasteiger partial charge is 0.339 e. The number of primary sulfonamides is 1. The van der Waals surface area contributed by atoms with Crippen LogP contribution in [0.2, 0.25) is 0 Å². The summed E-state index contributed by atoms with van der Waals surface area (Å²) in [6.45, 7) is 2.99. The van der Waals surface area contributed by atoms with Gasteiger partial charge in [-0.05, 0) is 56.2 Å². The summed E-state index contributed by atoms with van der Waals surface area (Å²) in [6, 6.07) is 13.2. The second-order valence-corrected chi connectivity index (χ2v) is 8.56. The molecule has 2 aromatic rings. The van der Waals surface area contributed by atoms with Gasteiger partial charge in [-0.15, -0.1) is 0 Å². The predicted molar refractivity (Wildman–Crippen MR) is 106 cm³/mol. The van der Waals surface area contributed by atoms with E-state index in [1.54, 1.807) is 11.0 Å². The summed E-state index contributed by atoms with van der Waals surface area (Å²) in [5.41, 5.74) is 2.21. The van der Waals surface area contributed by atoms with Crippen LogP contribution in [-0.4, -0.2) is 38.2 Å². The number of piperidine rings is 1. The minimum absolute atomic E-state index is 0.00605. The van der Waals surface area contributed by atoms with Gasteiger partial charge >= 0.3 is 0 Å². The third kappa shape index (κ3) is 4.76. The van der Waals surface area contributed by atoms with E-state index in [2.05, 4.69) is 5.32 Å². The van der Waals surface area contributed by atoms with Gasteiger partial charge in [0.2, 0.25) is 15.9 Å². The normalized spacial score (nSPS) is 15.3. The summed E-state index contributed by atoms with van der Waals surface area (Å²) in [7, 11) is -3.76. The molecule has 1 saturated heterocycles. The number of rotatable bonds is 4. The molecule has 148 valence electrons. The highest BCUT2D eigenvalue weighted by molar-refractivity contribution is 7.89. The second-order valence-electron chi connectivity index (χ2n) is 6.99. The van der Waals surface area contributed by atoms with Crippen molar-refractivity contribution in [2.75, 3.05) is 18.4 Å². The molecule has 0 atom stereocenters. The minimum atomic E-state index is -3.76. The first kappa shape index (κ1) is 20.0. The summed E-state index contributed by atoms with van der Waals surface area (Å²) in [6.07, 6.45) is 1.16. The van der Waals surface area contributed by atoms with Crippen LogP contribution in [-0.2, 0) is 14.8 Å². The number of amides is 2. The van der Waals surface area contributed by atoms with Crippen LogP contribution in [0.3, 0.4) is 0 Å². The fourth-order valence-corrected chi connectivity index (χ4v) is 3.79. The Kier molecular flexibility index (Phi) is 5.81. The van der Waals surface area contributed by atoms with Crippen molar-refractivity contribution in [3.8, 4) is 0 Å². The zero-order chi connectivity index (χ0) is 20.3. The Hall–Kier alpha value is -2.71. The molecule has 0 aliphatic carbocycles. The molecule has 0 unspecified atom stereocenters. The smallest absolute Gasteiger partial charge is 0.253 e. The fraction of sp³-hybridized carbons (Fsp3) is 0.300. The Balaban J connectivity index is 1.56. The first-order valence-electron chi connectivity index (χ1n) is 9.04. The molecule has 1 aliphatic heterocycles. The maximum atomic E-state index is 12.6. The van der Waals surface area contributed by atoms with Gasteiger partial charge in [0, 0.05) is 30.3 Å². The first-order chi connectivity index (χ1) is 13.2. The average Bonchev–Trinajstić information content (AvgIpc) is 2.67. The highest BCUT2D eigenvalue weighted by Crippen LogP contribution is 2.22. The number of anilines is 1. The molecule has 1 fully saturated rings. The van der Waals surface area contributed by atoms with Gasteiger partial charge in [-0.1, -0.05) is 17.7 Å². The average molecular weight is 401 g/mol. The van der Waals surface area contributed by atoms with E-state index in [9.17, 15) is 18.0 Å². The van der Waals surface area contributed by atoms with E-state index in [0.29, 0.717) is 37.2 Å². The summed E-state index contributed by atoms with van der Waals surface area (Å²) >= 11 is 0. The van der Waals surface area contributed by atoms with Crippen molar-refractivity contribution in [1.82, 2.24) is 4.90 Å². The number of aryl methyl sites for hydroxylation is 1. The Morgan fingerprint density at radius 3 is 2.29 bits per heavy atom. The van der Waals surface area contributed by atoms with Crippen molar-refractivity contribution in [2.24, 2.45) is 11.1 Å². The summed E-state index contributed by atoms with van der Waals surface area (Å²) in [5, 5.41) is 7.86. The molecule has 2 amide bonds. The van der Waals surface area contributed by atoms with E-state index in [-0.39, 0.29) is 22.6 Å². The van der Waals surface area contributed by atoms with Crippen molar-refractivity contribution in [3.63, 3.8) is 0 Å². The van der Waals surface area contributed by atoms with Gasteiger partial charge in [0.1, 0.15) is 0 Å². The van der Waals surface area contributed by atoms with Crippen LogP contribution in [0.15, 0.2) is 53.4 Å². The Labute approximate surface area is 164 Å². The number of hydrogen-bond donors (Lipinski definition) is 2. The van der Waals surface area contributed by atoms with E-state index in [1.165, 1.54) is 24.3 Å². The predicted octanol–water partition coefficient (Wildman–Crippen LogP) is 2.13. The molecule has 3 rings (SSSR count). The van der Waals surface area contributed by atoms with Gasteiger partial charge in [-0.25, -0.2) is 13.6 Å². The summed E-state index contributed by atoms with van der Waals surface area (Å²) in [5.74, 6) is -0.341. The van der Waals surface area contributed by atoms with Gasteiger partial charge in [-0.3, -0.25) is 9.59 Å². The molecule has 2 aromatic carbocycles. The molecule has 0 aromatic heterocycles. The van der Waals surface area contributed by atoms with Crippen LogP contribution in [0.1, 0.15) is 28.8 Å². The third-order valence-electron chi connectivity index (χ3n) is 4.87. The van der Waals surface area contributed by atoms with Crippen LogP contribution in [0.4, 0.5) is 5.69 Å². The van der Waals surface area contributed by atoms with E-state index in [1.807, 2.05) is 25.1 Å². The maximum Gasteiger partial charge on any atom is 0.253 e. The lowest BCUT2D eigenvalue weighted by molar-refractivity contribution is -0.121. The number of nitrogens with two attached hydrogens (primary N) is 1. The quantitative estimate of drug-likeness (QED) is 0.818. The van der Waals surface area contributed by atoms with Crippen molar-refractivity contribution in [1.29, 1.82) is 0 Å². The molecule has 1 heterocycles. The van der Waals surface area contributed by atoms with Crippen LogP contribution >= 0.6 is 0 Å². The van der Waals surface area contributed by atoms with Crippen molar-refractivity contribution < 1.29 is 18.0 Å². The monoisotopic (exact) mass is 401 g/mol. The highest BCUT2D eigenvalue weighted by atomic mass is 32.2. The lowest BCUT2D eigenvalue weighted by Gasteiger charge is -2.31. The van der Waals surface area contributed by atoms with Crippen LogP contribution in [0.25, 0.3) is 0 Å². The number of carbonyl (C=O) groups excluding carboxylic acids is 2. The second kappa shape index (κ2) is 8.12. The Morgan fingerprint density at radius 1 is 1.07 bits per heavy atom. The van der Waals surface area contributed by atoms with Gasteiger partial charge in [-0.2, -0.15) is 0 Å². The van der Waals surface area contributed by atoms with Crippen LogP contribution < -0.4 is 10.5 Å². The van der Waals surface area contributed by atoms with Crippen molar-refractivity contribution >= 4 is 27.5 Å². The highest BCUT2D eigenvalue weighted by Gasteiger charge is 2.28. The molecule has 0 radical (unpaired) electrons. The number of nitrogens with one attached hydrogen (secondary N) is 1. The zero-order valence-electron chi connectivity index (χ0n) is 15.6. The number of sulfonamides is 1. The van der Waals surface area contributed by atoms with Crippen LogP contribution in [0.5, 0.6) is 0 Å². The summed E-state index contributed by atoms with van der Waals surface area (Å²) < 4.78 is 22.6. The van der Waals surface area contributed by atoms with E-state index < -0.39 is 10.0 Å². The van der Waals surface area contributed by atoms with Gasteiger partial charge in [0.15, 0.2) is 0 Å². The minimum Gasteiger partial charge on any atom is -0.339 e. The molecular weight excluding hydrogens is 378 g/mol. The molecule has 0 bridgehead atoms. The molecule has 8 heteroatoms.